The minimum Gasteiger partial charge on any atom is -0.464 e. The Morgan fingerprint density at radius 1 is 1.37 bits per heavy atom. The van der Waals surface area contributed by atoms with E-state index in [2.05, 4.69) is 37.5 Å². The summed E-state index contributed by atoms with van der Waals surface area (Å²) >= 11 is 3.68. The van der Waals surface area contributed by atoms with Gasteiger partial charge in [-0.25, -0.2) is 15.0 Å². The second kappa shape index (κ2) is 7.38. The summed E-state index contributed by atoms with van der Waals surface area (Å²) in [7, 11) is 0. The molecule has 0 radical (unpaired) electrons. The molecule has 11 heteroatoms. The van der Waals surface area contributed by atoms with Crippen LogP contribution in [0.1, 0.15) is 6.92 Å². The van der Waals surface area contributed by atoms with Crippen molar-refractivity contribution in [1.82, 2.24) is 19.5 Å². The van der Waals surface area contributed by atoms with Crippen molar-refractivity contribution < 1.29 is 19.0 Å². The number of nitrogens with two attached hydrogens (primary N) is 1. The molecule has 2 aromatic heterocycles. The van der Waals surface area contributed by atoms with Crippen LogP contribution in [0, 0.1) is 3.57 Å². The lowest BCUT2D eigenvalue weighted by Gasteiger charge is -2.10. The molecule has 0 aliphatic carbocycles. The fraction of sp³-hybridized carbons (Fsp3) is 0.250. The molecule has 0 atom stereocenters. The highest BCUT2D eigenvalue weighted by Crippen LogP contribution is 2.41. The molecular formula is C16H14IN5O4S. The van der Waals surface area contributed by atoms with Crippen molar-refractivity contribution >= 4 is 57.3 Å². The number of imidazole rings is 1. The van der Waals surface area contributed by atoms with Gasteiger partial charge in [-0.2, -0.15) is 0 Å². The zero-order chi connectivity index (χ0) is 19.0. The summed E-state index contributed by atoms with van der Waals surface area (Å²) in [6, 6.07) is 3.84. The van der Waals surface area contributed by atoms with Gasteiger partial charge in [0.15, 0.2) is 33.6 Å². The molecule has 0 saturated carbocycles. The largest absolute Gasteiger partial charge is 0.464 e. The van der Waals surface area contributed by atoms with Crippen molar-refractivity contribution in [2.24, 2.45) is 0 Å². The lowest BCUT2D eigenvalue weighted by atomic mass is 10.3. The first-order valence-electron chi connectivity index (χ1n) is 7.90. The average Bonchev–Trinajstić information content (AvgIpc) is 3.21. The van der Waals surface area contributed by atoms with E-state index in [4.69, 9.17) is 19.9 Å². The Kier molecular flexibility index (Phi) is 4.95. The molecule has 1 aliphatic rings. The number of benzene rings is 1. The molecule has 0 spiro atoms. The lowest BCUT2D eigenvalue weighted by Crippen LogP contribution is -2.10. The highest BCUT2D eigenvalue weighted by atomic mass is 127. The molecule has 0 bridgehead atoms. The lowest BCUT2D eigenvalue weighted by molar-refractivity contribution is -0.141. The molecule has 0 fully saturated rings. The highest BCUT2D eigenvalue weighted by molar-refractivity contribution is 14.1. The first-order chi connectivity index (χ1) is 13.0. The Morgan fingerprint density at radius 3 is 2.93 bits per heavy atom. The number of halogens is 1. The predicted molar refractivity (Wildman–Crippen MR) is 106 cm³/mol. The van der Waals surface area contributed by atoms with Gasteiger partial charge in [-0.1, -0.05) is 11.8 Å². The molecule has 0 unspecified atom stereocenters. The van der Waals surface area contributed by atoms with Crippen LogP contribution in [0.15, 0.2) is 28.5 Å². The van der Waals surface area contributed by atoms with E-state index in [9.17, 15) is 4.79 Å². The number of fused-ring (bicyclic) bond motifs is 2. The first-order valence-corrected chi connectivity index (χ1v) is 9.79. The third-order valence-corrected chi connectivity index (χ3v) is 6.08. The van der Waals surface area contributed by atoms with E-state index in [1.165, 1.54) is 25.0 Å². The second-order valence-electron chi connectivity index (χ2n) is 5.56. The smallest absolute Gasteiger partial charge is 0.302 e. The number of nitrogens with zero attached hydrogens (tertiary/aromatic N) is 4. The van der Waals surface area contributed by atoms with Gasteiger partial charge in [0.1, 0.15) is 12.9 Å². The average molecular weight is 499 g/mol. The van der Waals surface area contributed by atoms with Crippen molar-refractivity contribution in [3.05, 3.63) is 22.0 Å². The van der Waals surface area contributed by atoms with Gasteiger partial charge in [0.2, 0.25) is 6.79 Å². The van der Waals surface area contributed by atoms with Crippen LogP contribution in [0.2, 0.25) is 0 Å². The number of nitrogen functional groups attached to an aromatic ring is 1. The quantitative estimate of drug-likeness (QED) is 0.418. The molecule has 3 aromatic rings. The maximum Gasteiger partial charge on any atom is 0.302 e. The van der Waals surface area contributed by atoms with Crippen LogP contribution in [0.5, 0.6) is 11.5 Å². The molecule has 27 heavy (non-hydrogen) atoms. The summed E-state index contributed by atoms with van der Waals surface area (Å²) in [5.74, 6) is 1.38. The SMILES string of the molecule is CC(=O)OCCn1c(Sc2cc3c(cc2I)OCO3)nc2c(N)ncnc21. The van der Waals surface area contributed by atoms with Gasteiger partial charge in [-0.05, 0) is 34.7 Å². The summed E-state index contributed by atoms with van der Waals surface area (Å²) in [6.45, 7) is 2.19. The van der Waals surface area contributed by atoms with Crippen molar-refractivity contribution in [3.8, 4) is 11.5 Å². The summed E-state index contributed by atoms with van der Waals surface area (Å²) in [5, 5.41) is 0.668. The van der Waals surface area contributed by atoms with E-state index in [1.54, 1.807) is 0 Å². The standard InChI is InChI=1S/C16H14IN5O4S/c1-8(23)24-3-2-22-15-13(14(18)19-6-20-15)21-16(22)27-12-5-11-10(4-9(12)17)25-7-26-11/h4-6H,2-3,7H2,1H3,(H2,18,19,20). The minimum atomic E-state index is -0.340. The van der Waals surface area contributed by atoms with E-state index >= 15 is 0 Å². The summed E-state index contributed by atoms with van der Waals surface area (Å²) in [6.07, 6.45) is 1.39. The number of rotatable bonds is 5. The number of esters is 1. The van der Waals surface area contributed by atoms with Crippen LogP contribution >= 0.6 is 34.4 Å². The Morgan fingerprint density at radius 2 is 2.15 bits per heavy atom. The number of hydrogen-bond acceptors (Lipinski definition) is 9. The molecule has 0 amide bonds. The fourth-order valence-corrected chi connectivity index (χ4v) is 4.28. The molecule has 0 saturated heterocycles. The maximum absolute atomic E-state index is 11.1. The van der Waals surface area contributed by atoms with Crippen molar-refractivity contribution in [2.75, 3.05) is 19.1 Å². The third-order valence-electron chi connectivity index (χ3n) is 3.77. The second-order valence-corrected chi connectivity index (χ2v) is 7.73. The summed E-state index contributed by atoms with van der Waals surface area (Å²) in [4.78, 5) is 24.9. The maximum atomic E-state index is 11.1. The Balaban J connectivity index is 1.72. The van der Waals surface area contributed by atoms with Gasteiger partial charge in [0.05, 0.1) is 6.54 Å². The van der Waals surface area contributed by atoms with Crippen molar-refractivity contribution in [1.29, 1.82) is 0 Å². The van der Waals surface area contributed by atoms with E-state index < -0.39 is 0 Å². The van der Waals surface area contributed by atoms with Gasteiger partial charge in [0.25, 0.3) is 0 Å². The van der Waals surface area contributed by atoms with Crippen molar-refractivity contribution in [2.45, 2.75) is 23.5 Å². The molecule has 9 nitrogen and oxygen atoms in total. The molecule has 1 aliphatic heterocycles. The van der Waals surface area contributed by atoms with Gasteiger partial charge in [0, 0.05) is 15.4 Å². The Labute approximate surface area is 171 Å². The number of hydrogen-bond donors (Lipinski definition) is 1. The first kappa shape index (κ1) is 18.1. The zero-order valence-electron chi connectivity index (χ0n) is 14.1. The molecular weight excluding hydrogens is 485 g/mol. The number of carbonyl (C=O) groups is 1. The fourth-order valence-electron chi connectivity index (χ4n) is 2.57. The van der Waals surface area contributed by atoms with Crippen LogP contribution in [0.3, 0.4) is 0 Å². The van der Waals surface area contributed by atoms with Gasteiger partial charge >= 0.3 is 5.97 Å². The van der Waals surface area contributed by atoms with Crippen LogP contribution in [0.25, 0.3) is 11.2 Å². The molecule has 140 valence electrons. The highest BCUT2D eigenvalue weighted by Gasteiger charge is 2.20. The normalized spacial score (nSPS) is 12.5. The van der Waals surface area contributed by atoms with E-state index in [0.717, 1.165) is 14.2 Å². The number of ether oxygens (including phenoxy) is 3. The zero-order valence-corrected chi connectivity index (χ0v) is 17.1. The van der Waals surface area contributed by atoms with E-state index in [0.29, 0.717) is 34.4 Å². The van der Waals surface area contributed by atoms with Gasteiger partial charge in [-0.15, -0.1) is 0 Å². The Bertz CT molecular complexity index is 1040. The van der Waals surface area contributed by atoms with Gasteiger partial charge < -0.3 is 19.9 Å². The van der Waals surface area contributed by atoms with E-state index in [-0.39, 0.29) is 19.4 Å². The van der Waals surface area contributed by atoms with Crippen LogP contribution in [-0.2, 0) is 16.1 Å². The minimum absolute atomic E-state index is 0.205. The topological polar surface area (TPSA) is 114 Å². The number of aromatic nitrogens is 4. The summed E-state index contributed by atoms with van der Waals surface area (Å²) in [5.41, 5.74) is 7.06. The number of carbonyl (C=O) groups excluding carboxylic acids is 1. The van der Waals surface area contributed by atoms with E-state index in [1.807, 2.05) is 16.7 Å². The molecule has 3 heterocycles. The monoisotopic (exact) mass is 499 g/mol. The number of anilines is 1. The summed E-state index contributed by atoms with van der Waals surface area (Å²) < 4.78 is 18.8. The molecule has 2 N–H and O–H groups in total. The van der Waals surface area contributed by atoms with Crippen LogP contribution in [0.4, 0.5) is 5.82 Å². The third kappa shape index (κ3) is 3.60. The molecule has 1 aromatic carbocycles. The Hall–Kier alpha value is -2.28. The van der Waals surface area contributed by atoms with Crippen molar-refractivity contribution in [3.63, 3.8) is 0 Å². The predicted octanol–water partition coefficient (Wildman–Crippen LogP) is 2.46. The molecule has 4 rings (SSSR count). The van der Waals surface area contributed by atoms with Crippen LogP contribution < -0.4 is 15.2 Å². The van der Waals surface area contributed by atoms with Gasteiger partial charge in [-0.3, -0.25) is 9.36 Å². The van der Waals surface area contributed by atoms with Crippen LogP contribution in [-0.4, -0.2) is 38.9 Å².